The largest absolute Gasteiger partial charge is 0.338 e. The highest BCUT2D eigenvalue weighted by Gasteiger charge is 2.28. The Bertz CT molecular complexity index is 1190. The molecule has 0 atom stereocenters. The zero-order valence-corrected chi connectivity index (χ0v) is 18.4. The maximum atomic E-state index is 13.0. The highest BCUT2D eigenvalue weighted by molar-refractivity contribution is 7.21. The number of thiophene rings is 1. The Kier molecular flexibility index (Phi) is 5.53. The van der Waals surface area contributed by atoms with Gasteiger partial charge in [0.1, 0.15) is 5.01 Å². The Labute approximate surface area is 188 Å². The number of hydrogen-bond donors (Lipinski definition) is 1. The van der Waals surface area contributed by atoms with Gasteiger partial charge in [-0.2, -0.15) is 0 Å². The summed E-state index contributed by atoms with van der Waals surface area (Å²) in [5.41, 5.74) is 2.68. The van der Waals surface area contributed by atoms with E-state index in [1.165, 1.54) is 11.3 Å². The summed E-state index contributed by atoms with van der Waals surface area (Å²) in [5, 5.41) is 5.93. The number of piperidine rings is 1. The predicted octanol–water partition coefficient (Wildman–Crippen LogP) is 5.52. The van der Waals surface area contributed by atoms with Crippen LogP contribution in [0.1, 0.15) is 22.5 Å². The van der Waals surface area contributed by atoms with Crippen LogP contribution in [-0.2, 0) is 4.79 Å². The van der Waals surface area contributed by atoms with Crippen LogP contribution in [0, 0.1) is 5.92 Å². The molecule has 1 aliphatic rings. The third-order valence-electron chi connectivity index (χ3n) is 5.59. The fourth-order valence-electron chi connectivity index (χ4n) is 3.90. The second-order valence-corrected chi connectivity index (χ2v) is 9.54. The van der Waals surface area contributed by atoms with Gasteiger partial charge in [-0.3, -0.25) is 9.59 Å². The van der Waals surface area contributed by atoms with E-state index in [1.807, 2.05) is 64.9 Å². The maximum Gasteiger partial charge on any atom is 0.263 e. The summed E-state index contributed by atoms with van der Waals surface area (Å²) in [4.78, 5) is 32.9. The van der Waals surface area contributed by atoms with Gasteiger partial charge < -0.3 is 10.2 Å². The summed E-state index contributed by atoms with van der Waals surface area (Å²) in [5.74, 6) is -0.0253. The van der Waals surface area contributed by atoms with E-state index in [2.05, 4.69) is 11.4 Å². The van der Waals surface area contributed by atoms with Crippen LogP contribution < -0.4 is 5.32 Å². The van der Waals surface area contributed by atoms with Crippen LogP contribution in [0.2, 0.25) is 0 Å². The van der Waals surface area contributed by atoms with Crippen molar-refractivity contribution in [3.8, 4) is 10.6 Å². The van der Waals surface area contributed by atoms with Crippen LogP contribution in [-0.4, -0.2) is 34.8 Å². The number of rotatable bonds is 4. The molecule has 2 aromatic heterocycles. The molecule has 156 valence electrons. The molecule has 2 amide bonds. The minimum absolute atomic E-state index is 0.0109. The average molecular weight is 448 g/mol. The quantitative estimate of drug-likeness (QED) is 0.448. The molecule has 5 nitrogen and oxygen atoms in total. The summed E-state index contributed by atoms with van der Waals surface area (Å²) >= 11 is 3.08. The summed E-state index contributed by atoms with van der Waals surface area (Å²) in [6, 6.07) is 19.6. The molecular formula is C24H21N3O2S2. The van der Waals surface area contributed by atoms with Gasteiger partial charge in [-0.1, -0.05) is 30.3 Å². The number of anilines is 1. The predicted molar refractivity (Wildman–Crippen MR) is 127 cm³/mol. The minimum Gasteiger partial charge on any atom is -0.338 e. The molecule has 0 saturated carbocycles. The molecule has 0 aliphatic carbocycles. The Balaban J connectivity index is 1.28. The van der Waals surface area contributed by atoms with Gasteiger partial charge in [0.05, 0.1) is 20.8 Å². The van der Waals surface area contributed by atoms with Crippen molar-refractivity contribution < 1.29 is 9.59 Å². The third kappa shape index (κ3) is 4.11. The maximum absolute atomic E-state index is 13.0. The van der Waals surface area contributed by atoms with Crippen LogP contribution in [0.25, 0.3) is 20.8 Å². The smallest absolute Gasteiger partial charge is 0.263 e. The second-order valence-electron chi connectivity index (χ2n) is 7.57. The van der Waals surface area contributed by atoms with Gasteiger partial charge in [-0.25, -0.2) is 4.98 Å². The summed E-state index contributed by atoms with van der Waals surface area (Å²) < 4.78 is 1.13. The number of fused-ring (bicyclic) bond motifs is 1. The van der Waals surface area contributed by atoms with Crippen LogP contribution >= 0.6 is 22.7 Å². The lowest BCUT2D eigenvalue weighted by atomic mass is 9.95. The van der Waals surface area contributed by atoms with Crippen molar-refractivity contribution in [1.82, 2.24) is 9.88 Å². The van der Waals surface area contributed by atoms with Gasteiger partial charge in [0.25, 0.3) is 5.91 Å². The fraction of sp³-hybridized carbons (Fsp3) is 0.208. The number of thiazole rings is 1. The van der Waals surface area contributed by atoms with E-state index in [4.69, 9.17) is 4.98 Å². The Hall–Kier alpha value is -3.03. The van der Waals surface area contributed by atoms with Gasteiger partial charge in [-0.05, 0) is 48.6 Å². The molecule has 1 fully saturated rings. The first kappa shape index (κ1) is 19.9. The number of aromatic nitrogens is 1. The number of nitrogens with zero attached hydrogens (tertiary/aromatic N) is 2. The normalized spacial score (nSPS) is 14.6. The highest BCUT2D eigenvalue weighted by atomic mass is 32.1. The van der Waals surface area contributed by atoms with Gasteiger partial charge >= 0.3 is 0 Å². The molecule has 1 N–H and O–H groups in total. The molecule has 2 aromatic carbocycles. The van der Waals surface area contributed by atoms with Crippen LogP contribution in [0.15, 0.2) is 66.0 Å². The molecule has 0 unspecified atom stereocenters. The molecule has 1 aliphatic heterocycles. The van der Waals surface area contributed by atoms with Gasteiger partial charge in [0.15, 0.2) is 0 Å². The van der Waals surface area contributed by atoms with E-state index in [0.717, 1.165) is 31.4 Å². The molecule has 7 heteroatoms. The van der Waals surface area contributed by atoms with Gasteiger partial charge in [-0.15, -0.1) is 22.7 Å². The van der Waals surface area contributed by atoms with E-state index >= 15 is 0 Å². The number of amides is 2. The van der Waals surface area contributed by atoms with Crippen molar-refractivity contribution in [3.63, 3.8) is 0 Å². The topological polar surface area (TPSA) is 62.3 Å². The molecule has 1 saturated heterocycles. The number of nitrogens with one attached hydrogen (secondary N) is 1. The van der Waals surface area contributed by atoms with Gasteiger partial charge in [0, 0.05) is 24.6 Å². The molecule has 5 rings (SSSR count). The first-order valence-corrected chi connectivity index (χ1v) is 12.0. The SMILES string of the molecule is O=C(Nc1ccccc1-c1nc2ccccc2s1)C1CCN(C(=O)c2cccs2)CC1. The van der Waals surface area contributed by atoms with Crippen molar-refractivity contribution >= 4 is 50.4 Å². The summed E-state index contributed by atoms with van der Waals surface area (Å²) in [6.07, 6.45) is 1.35. The molecule has 3 heterocycles. The lowest BCUT2D eigenvalue weighted by Gasteiger charge is -2.31. The molecule has 0 bridgehead atoms. The van der Waals surface area contributed by atoms with Crippen molar-refractivity contribution in [1.29, 1.82) is 0 Å². The van der Waals surface area contributed by atoms with E-state index in [0.29, 0.717) is 25.9 Å². The van der Waals surface area contributed by atoms with E-state index in [1.54, 1.807) is 11.3 Å². The summed E-state index contributed by atoms with van der Waals surface area (Å²) in [6.45, 7) is 1.21. The standard InChI is InChI=1S/C24H21N3O2S2/c28-22(16-11-13-27(14-12-16)24(29)21-10-5-15-30-21)25-18-7-2-1-6-17(18)23-26-19-8-3-4-9-20(19)31-23/h1-10,15-16H,11-14H2,(H,25,28). The minimum atomic E-state index is -0.101. The number of para-hydroxylation sites is 2. The van der Waals surface area contributed by atoms with Crippen molar-refractivity contribution in [2.45, 2.75) is 12.8 Å². The number of carbonyl (C=O) groups is 2. The Morgan fingerprint density at radius 3 is 2.52 bits per heavy atom. The third-order valence-corrected chi connectivity index (χ3v) is 7.52. The van der Waals surface area contributed by atoms with Crippen LogP contribution in [0.4, 0.5) is 5.69 Å². The number of benzene rings is 2. The molecular weight excluding hydrogens is 426 g/mol. The van der Waals surface area contributed by atoms with Crippen molar-refractivity contribution in [2.75, 3.05) is 18.4 Å². The summed E-state index contributed by atoms with van der Waals surface area (Å²) in [7, 11) is 0. The average Bonchev–Trinajstić information content (AvgIpc) is 3.49. The Morgan fingerprint density at radius 1 is 0.968 bits per heavy atom. The van der Waals surface area contributed by atoms with Crippen molar-refractivity contribution in [3.05, 3.63) is 70.9 Å². The van der Waals surface area contributed by atoms with Crippen LogP contribution in [0.5, 0.6) is 0 Å². The second kappa shape index (κ2) is 8.61. The lowest BCUT2D eigenvalue weighted by molar-refractivity contribution is -0.121. The Morgan fingerprint density at radius 2 is 1.74 bits per heavy atom. The first-order chi connectivity index (χ1) is 15.2. The monoisotopic (exact) mass is 447 g/mol. The van der Waals surface area contributed by atoms with E-state index in [-0.39, 0.29) is 17.7 Å². The van der Waals surface area contributed by atoms with Crippen LogP contribution in [0.3, 0.4) is 0 Å². The molecule has 4 aromatic rings. The number of carbonyl (C=O) groups excluding carboxylic acids is 2. The zero-order chi connectivity index (χ0) is 21.2. The molecule has 0 spiro atoms. The molecule has 31 heavy (non-hydrogen) atoms. The van der Waals surface area contributed by atoms with E-state index < -0.39 is 0 Å². The number of likely N-dealkylation sites (tertiary alicyclic amines) is 1. The van der Waals surface area contributed by atoms with E-state index in [9.17, 15) is 9.59 Å². The molecule has 0 radical (unpaired) electrons. The highest BCUT2D eigenvalue weighted by Crippen LogP contribution is 2.35. The lowest BCUT2D eigenvalue weighted by Crippen LogP contribution is -2.41. The van der Waals surface area contributed by atoms with Gasteiger partial charge in [0.2, 0.25) is 5.91 Å². The zero-order valence-electron chi connectivity index (χ0n) is 16.8. The number of hydrogen-bond acceptors (Lipinski definition) is 5. The fourth-order valence-corrected chi connectivity index (χ4v) is 5.60. The first-order valence-electron chi connectivity index (χ1n) is 10.3. The van der Waals surface area contributed by atoms with Crippen molar-refractivity contribution in [2.24, 2.45) is 5.92 Å².